The smallest absolute Gasteiger partial charge is 0.163 e. The van der Waals surface area contributed by atoms with Crippen LogP contribution < -0.4 is 10.6 Å². The monoisotopic (exact) mass is 401 g/mol. The highest BCUT2D eigenvalue weighted by atomic mass is 32.1. The van der Waals surface area contributed by atoms with Gasteiger partial charge in [0.05, 0.1) is 23.1 Å². The van der Waals surface area contributed by atoms with Gasteiger partial charge in [-0.05, 0) is 67.1 Å². The van der Waals surface area contributed by atoms with Crippen LogP contribution in [-0.4, -0.2) is 10.8 Å². The number of aromatic nitrogens is 1. The largest absolute Gasteiger partial charge is 0.371 e. The van der Waals surface area contributed by atoms with Crippen LogP contribution in [0.5, 0.6) is 0 Å². The summed E-state index contributed by atoms with van der Waals surface area (Å²) in [5.41, 5.74) is 7.20. The number of fused-ring (bicyclic) bond motifs is 1. The number of nitrogens with zero attached hydrogens (tertiary/aromatic N) is 1. The van der Waals surface area contributed by atoms with Gasteiger partial charge in [-0.25, -0.2) is 0 Å². The van der Waals surface area contributed by atoms with E-state index < -0.39 is 0 Å². The summed E-state index contributed by atoms with van der Waals surface area (Å²) in [6.07, 6.45) is 3.16. The highest BCUT2D eigenvalue weighted by Crippen LogP contribution is 2.45. The first-order chi connectivity index (χ1) is 14.1. The number of hydrogen-bond acceptors (Lipinski definition) is 5. The Bertz CT molecular complexity index is 1100. The lowest BCUT2D eigenvalue weighted by atomic mass is 9.81. The first-order valence-electron chi connectivity index (χ1n) is 9.95. The van der Waals surface area contributed by atoms with E-state index in [0.29, 0.717) is 6.42 Å². The predicted molar refractivity (Wildman–Crippen MR) is 118 cm³/mol. The van der Waals surface area contributed by atoms with E-state index in [2.05, 4.69) is 59.1 Å². The molecule has 2 N–H and O–H groups in total. The Morgan fingerprint density at radius 1 is 1.03 bits per heavy atom. The van der Waals surface area contributed by atoms with Gasteiger partial charge in [0.1, 0.15) is 0 Å². The number of thiophene rings is 1. The lowest BCUT2D eigenvalue weighted by molar-refractivity contribution is -0.116. The zero-order chi connectivity index (χ0) is 20.0. The van der Waals surface area contributed by atoms with E-state index in [4.69, 9.17) is 0 Å². The van der Waals surface area contributed by atoms with Gasteiger partial charge >= 0.3 is 0 Å². The maximum absolute atomic E-state index is 13.4. The number of carbonyl (C=O) groups is 1. The molecule has 0 saturated carbocycles. The average molecular weight is 402 g/mol. The number of benzene rings is 1. The highest BCUT2D eigenvalue weighted by Gasteiger charge is 2.36. The van der Waals surface area contributed by atoms with E-state index in [1.807, 2.05) is 18.2 Å². The number of hydrogen-bond donors (Lipinski definition) is 2. The Kier molecular flexibility index (Phi) is 4.47. The third kappa shape index (κ3) is 3.25. The van der Waals surface area contributed by atoms with Crippen LogP contribution in [0.15, 0.2) is 65.3 Å². The molecule has 0 spiro atoms. The van der Waals surface area contributed by atoms with Gasteiger partial charge in [-0.1, -0.05) is 12.1 Å². The van der Waals surface area contributed by atoms with Crippen molar-refractivity contribution < 1.29 is 4.79 Å². The van der Waals surface area contributed by atoms with Crippen LogP contribution in [0.3, 0.4) is 0 Å². The van der Waals surface area contributed by atoms with Crippen LogP contribution in [0.1, 0.15) is 46.5 Å². The summed E-state index contributed by atoms with van der Waals surface area (Å²) in [5.74, 6) is 0.424. The Labute approximate surface area is 174 Å². The normalized spacial score (nSPS) is 21.0. The number of aryl methyl sites for hydroxylation is 2. The van der Waals surface area contributed by atoms with Crippen molar-refractivity contribution in [2.24, 2.45) is 0 Å². The van der Waals surface area contributed by atoms with Crippen molar-refractivity contribution in [1.82, 2.24) is 4.98 Å². The summed E-state index contributed by atoms with van der Waals surface area (Å²) >= 11 is 1.73. The van der Waals surface area contributed by atoms with E-state index in [-0.39, 0.29) is 17.7 Å². The van der Waals surface area contributed by atoms with Gasteiger partial charge in [-0.3, -0.25) is 9.78 Å². The second kappa shape index (κ2) is 7.16. The molecule has 5 heteroatoms. The molecule has 2 aliphatic rings. The van der Waals surface area contributed by atoms with E-state index in [1.165, 1.54) is 16.0 Å². The molecule has 2 unspecified atom stereocenters. The summed E-state index contributed by atoms with van der Waals surface area (Å²) in [6.45, 7) is 4.23. The standard InChI is InChI=1S/C24H23N3OS/c1-14-10-18-19(11-15(14)2)27-24(17-6-3-4-8-25-17)23-20(26-18)12-16(13-21(23)28)22-7-5-9-29-22/h3-11,16,24,26-27H,12-13H2,1-2H3. The first kappa shape index (κ1) is 18.1. The molecule has 5 rings (SSSR count). The molecule has 3 aromatic rings. The van der Waals surface area contributed by atoms with Gasteiger partial charge in [-0.2, -0.15) is 0 Å². The minimum atomic E-state index is -0.251. The van der Waals surface area contributed by atoms with E-state index in [9.17, 15) is 4.79 Å². The zero-order valence-corrected chi connectivity index (χ0v) is 17.3. The van der Waals surface area contributed by atoms with Crippen LogP contribution in [0.25, 0.3) is 0 Å². The molecule has 2 aromatic heterocycles. The Balaban J connectivity index is 1.65. The Morgan fingerprint density at radius 2 is 1.86 bits per heavy atom. The molecular formula is C24H23N3OS. The summed E-state index contributed by atoms with van der Waals surface area (Å²) in [6, 6.07) is 14.2. The molecule has 0 fully saturated rings. The lowest BCUT2D eigenvalue weighted by Gasteiger charge is -2.28. The third-order valence-electron chi connectivity index (χ3n) is 5.94. The molecule has 1 aromatic carbocycles. The molecule has 29 heavy (non-hydrogen) atoms. The Morgan fingerprint density at radius 3 is 2.59 bits per heavy atom. The van der Waals surface area contributed by atoms with E-state index >= 15 is 0 Å². The van der Waals surface area contributed by atoms with Crippen molar-refractivity contribution in [3.05, 3.63) is 87.0 Å². The number of rotatable bonds is 2. The fourth-order valence-electron chi connectivity index (χ4n) is 4.31. The number of pyridine rings is 1. The topological polar surface area (TPSA) is 54.0 Å². The molecule has 1 aliphatic heterocycles. The third-order valence-corrected chi connectivity index (χ3v) is 6.98. The molecule has 0 radical (unpaired) electrons. The number of anilines is 2. The maximum Gasteiger partial charge on any atom is 0.163 e. The second-order valence-corrected chi connectivity index (χ2v) is 8.85. The molecule has 4 nitrogen and oxygen atoms in total. The van der Waals surface area contributed by atoms with Gasteiger partial charge in [0.2, 0.25) is 0 Å². The molecule has 0 amide bonds. The number of allylic oxidation sites excluding steroid dienone is 1. The Hall–Kier alpha value is -2.92. The first-order valence-corrected chi connectivity index (χ1v) is 10.8. The number of Topliss-reactive ketones (excluding diaryl/α,β-unsaturated/α-hetero) is 1. The molecule has 1 aliphatic carbocycles. The SMILES string of the molecule is Cc1cc2c(cc1C)NC(c1ccccn1)C1=C(CC(c3cccs3)CC1=O)N2. The van der Waals surface area contributed by atoms with Crippen molar-refractivity contribution >= 4 is 28.5 Å². The van der Waals surface area contributed by atoms with Gasteiger partial charge in [0, 0.05) is 34.7 Å². The summed E-state index contributed by atoms with van der Waals surface area (Å²) in [7, 11) is 0. The summed E-state index contributed by atoms with van der Waals surface area (Å²) in [4.78, 5) is 19.2. The van der Waals surface area contributed by atoms with E-state index in [1.54, 1.807) is 17.5 Å². The molecule has 3 heterocycles. The van der Waals surface area contributed by atoms with Crippen LogP contribution in [0.4, 0.5) is 11.4 Å². The number of ketones is 1. The predicted octanol–water partition coefficient (Wildman–Crippen LogP) is 5.74. The summed E-state index contributed by atoms with van der Waals surface area (Å²) < 4.78 is 0. The van der Waals surface area contributed by atoms with Gasteiger partial charge in [0.15, 0.2) is 5.78 Å². The van der Waals surface area contributed by atoms with Crippen molar-refractivity contribution in [3.63, 3.8) is 0 Å². The van der Waals surface area contributed by atoms with Gasteiger partial charge < -0.3 is 10.6 Å². The fraction of sp³-hybridized carbons (Fsp3) is 0.250. The van der Waals surface area contributed by atoms with Crippen molar-refractivity contribution in [2.75, 3.05) is 10.6 Å². The van der Waals surface area contributed by atoms with Crippen molar-refractivity contribution in [1.29, 1.82) is 0 Å². The second-order valence-electron chi connectivity index (χ2n) is 7.88. The number of carbonyl (C=O) groups excluding carboxylic acids is 1. The van der Waals surface area contributed by atoms with Gasteiger partial charge in [0.25, 0.3) is 0 Å². The minimum absolute atomic E-state index is 0.196. The van der Waals surface area contributed by atoms with Crippen molar-refractivity contribution in [2.45, 2.75) is 38.6 Å². The molecule has 2 atom stereocenters. The maximum atomic E-state index is 13.4. The van der Waals surface area contributed by atoms with Crippen molar-refractivity contribution in [3.8, 4) is 0 Å². The molecular weight excluding hydrogens is 378 g/mol. The minimum Gasteiger partial charge on any atom is -0.371 e. The highest BCUT2D eigenvalue weighted by molar-refractivity contribution is 7.10. The van der Waals surface area contributed by atoms with E-state index in [0.717, 1.165) is 34.8 Å². The number of nitrogens with one attached hydrogen (secondary N) is 2. The lowest BCUT2D eigenvalue weighted by Crippen LogP contribution is -2.27. The molecule has 146 valence electrons. The van der Waals surface area contributed by atoms with Gasteiger partial charge in [-0.15, -0.1) is 11.3 Å². The summed E-state index contributed by atoms with van der Waals surface area (Å²) in [5, 5.41) is 9.33. The molecule has 0 saturated heterocycles. The molecule has 0 bridgehead atoms. The van der Waals surface area contributed by atoms with Crippen LogP contribution >= 0.6 is 11.3 Å². The fourth-order valence-corrected chi connectivity index (χ4v) is 5.14. The zero-order valence-electron chi connectivity index (χ0n) is 16.5. The quantitative estimate of drug-likeness (QED) is 0.575. The van der Waals surface area contributed by atoms with Crippen LogP contribution in [0.2, 0.25) is 0 Å². The van der Waals surface area contributed by atoms with Crippen LogP contribution in [0, 0.1) is 13.8 Å². The van der Waals surface area contributed by atoms with Crippen LogP contribution in [-0.2, 0) is 4.79 Å². The average Bonchev–Trinajstić information content (AvgIpc) is 3.20.